The Labute approximate surface area is 136 Å². The van der Waals surface area contributed by atoms with E-state index in [-0.39, 0.29) is 17.3 Å². The Kier molecular flexibility index (Phi) is 5.83. The van der Waals surface area contributed by atoms with Crippen molar-refractivity contribution in [3.8, 4) is 5.75 Å². The normalized spacial score (nSPS) is 15.0. The zero-order valence-corrected chi connectivity index (χ0v) is 15.5. The molecule has 0 heterocycles. The first-order valence-corrected chi connectivity index (χ1v) is 8.29. The lowest BCUT2D eigenvalue weighted by Crippen LogP contribution is -2.38. The van der Waals surface area contributed by atoms with Gasteiger partial charge in [0.25, 0.3) is 0 Å². The lowest BCUT2D eigenvalue weighted by molar-refractivity contribution is -0.148. The van der Waals surface area contributed by atoms with Gasteiger partial charge in [-0.25, -0.2) is 0 Å². The summed E-state index contributed by atoms with van der Waals surface area (Å²) in [4.78, 5) is 12.7. The van der Waals surface area contributed by atoms with Crippen molar-refractivity contribution in [2.24, 2.45) is 17.3 Å². The van der Waals surface area contributed by atoms with E-state index in [2.05, 4.69) is 48.5 Å². The summed E-state index contributed by atoms with van der Waals surface area (Å²) in [7, 11) is 0. The third-order valence-corrected chi connectivity index (χ3v) is 4.50. The van der Waals surface area contributed by atoms with Crippen molar-refractivity contribution in [3.05, 3.63) is 29.8 Å². The summed E-state index contributed by atoms with van der Waals surface area (Å²) in [5.41, 5.74) is 0.893. The molecule has 0 fully saturated rings. The van der Waals surface area contributed by atoms with Crippen LogP contribution in [0.5, 0.6) is 5.75 Å². The van der Waals surface area contributed by atoms with Gasteiger partial charge in [0.15, 0.2) is 0 Å². The van der Waals surface area contributed by atoms with Gasteiger partial charge in [-0.2, -0.15) is 0 Å². The molecule has 0 radical (unpaired) electrons. The second-order valence-electron chi connectivity index (χ2n) is 8.33. The molecule has 0 saturated carbocycles. The molecule has 0 aliphatic carbocycles. The molecule has 2 nitrogen and oxygen atoms in total. The number of rotatable bonds is 5. The highest BCUT2D eigenvalue weighted by molar-refractivity contribution is 5.79. The van der Waals surface area contributed by atoms with Crippen LogP contribution < -0.4 is 4.74 Å². The first-order valence-electron chi connectivity index (χ1n) is 8.29. The number of hydrogen-bond acceptors (Lipinski definition) is 2. The third kappa shape index (κ3) is 4.59. The molecule has 1 unspecified atom stereocenters. The van der Waals surface area contributed by atoms with Gasteiger partial charge in [-0.05, 0) is 48.3 Å². The molecule has 0 N–H and O–H groups in total. The minimum Gasteiger partial charge on any atom is -0.426 e. The quantitative estimate of drug-likeness (QED) is 0.523. The average molecular weight is 304 g/mol. The van der Waals surface area contributed by atoms with Crippen molar-refractivity contribution in [1.82, 2.24) is 0 Å². The zero-order chi connectivity index (χ0) is 17.1. The van der Waals surface area contributed by atoms with E-state index in [9.17, 15) is 4.79 Å². The van der Waals surface area contributed by atoms with Crippen LogP contribution in [0.3, 0.4) is 0 Å². The molecule has 2 heteroatoms. The van der Waals surface area contributed by atoms with Gasteiger partial charge in [-0.3, -0.25) is 4.79 Å². The van der Waals surface area contributed by atoms with Crippen molar-refractivity contribution >= 4 is 5.97 Å². The monoisotopic (exact) mass is 304 g/mol. The average Bonchev–Trinajstić information content (AvgIpc) is 2.37. The maximum atomic E-state index is 12.7. The van der Waals surface area contributed by atoms with Gasteiger partial charge in [0.05, 0.1) is 5.41 Å². The molecule has 0 aliphatic heterocycles. The van der Waals surface area contributed by atoms with Crippen molar-refractivity contribution in [2.75, 3.05) is 0 Å². The minimum atomic E-state index is -0.448. The standard InChI is InChI=1S/C20H32O2/c1-14(2)13-20(8,15(3)4)18(21)22-17-11-9-16(10-12-17)19(5,6)7/h9-12,14-15H,13H2,1-8H3. The summed E-state index contributed by atoms with van der Waals surface area (Å²) >= 11 is 0. The molecule has 1 rings (SSSR count). The summed E-state index contributed by atoms with van der Waals surface area (Å²) in [5, 5.41) is 0. The largest absolute Gasteiger partial charge is 0.426 e. The Morgan fingerprint density at radius 3 is 1.86 bits per heavy atom. The van der Waals surface area contributed by atoms with E-state index >= 15 is 0 Å². The van der Waals surface area contributed by atoms with Crippen molar-refractivity contribution in [2.45, 2.75) is 67.2 Å². The number of ether oxygens (including phenoxy) is 1. The van der Waals surface area contributed by atoms with Gasteiger partial charge < -0.3 is 4.74 Å². The fourth-order valence-electron chi connectivity index (χ4n) is 2.65. The Morgan fingerprint density at radius 2 is 1.50 bits per heavy atom. The van der Waals surface area contributed by atoms with Gasteiger partial charge in [-0.1, -0.05) is 60.6 Å². The second kappa shape index (κ2) is 6.85. The van der Waals surface area contributed by atoms with Crippen LogP contribution in [-0.4, -0.2) is 5.97 Å². The maximum Gasteiger partial charge on any atom is 0.317 e. The first-order chi connectivity index (χ1) is 9.96. The molecule has 0 spiro atoms. The summed E-state index contributed by atoms with van der Waals surface area (Å²) in [5.74, 6) is 1.22. The van der Waals surface area contributed by atoms with E-state index in [1.54, 1.807) is 0 Å². The molecule has 1 aromatic rings. The fourth-order valence-corrected chi connectivity index (χ4v) is 2.65. The van der Waals surface area contributed by atoms with Crippen LogP contribution in [0.4, 0.5) is 0 Å². The van der Waals surface area contributed by atoms with Crippen LogP contribution in [-0.2, 0) is 10.2 Å². The molecular formula is C20H32O2. The third-order valence-electron chi connectivity index (χ3n) is 4.50. The molecule has 1 aromatic carbocycles. The number of hydrogen-bond donors (Lipinski definition) is 0. The summed E-state index contributed by atoms with van der Waals surface area (Å²) < 4.78 is 5.67. The Balaban J connectivity index is 2.90. The second-order valence-corrected chi connectivity index (χ2v) is 8.33. The fraction of sp³-hybridized carbons (Fsp3) is 0.650. The Hall–Kier alpha value is -1.31. The lowest BCUT2D eigenvalue weighted by Gasteiger charge is -2.32. The van der Waals surface area contributed by atoms with Crippen LogP contribution in [0.25, 0.3) is 0 Å². The number of esters is 1. The van der Waals surface area contributed by atoms with Gasteiger partial charge >= 0.3 is 5.97 Å². The van der Waals surface area contributed by atoms with Crippen LogP contribution in [0.2, 0.25) is 0 Å². The van der Waals surface area contributed by atoms with Crippen LogP contribution in [0.1, 0.15) is 67.4 Å². The van der Waals surface area contributed by atoms with E-state index in [1.807, 2.05) is 31.2 Å². The molecule has 0 bridgehead atoms. The maximum absolute atomic E-state index is 12.7. The lowest BCUT2D eigenvalue weighted by atomic mass is 9.73. The van der Waals surface area contributed by atoms with Gasteiger partial charge in [0.1, 0.15) is 5.75 Å². The molecule has 0 amide bonds. The van der Waals surface area contributed by atoms with E-state index < -0.39 is 5.41 Å². The Morgan fingerprint density at radius 1 is 1.00 bits per heavy atom. The van der Waals surface area contributed by atoms with Crippen molar-refractivity contribution in [3.63, 3.8) is 0 Å². The molecule has 1 atom stereocenters. The Bertz CT molecular complexity index is 491. The van der Waals surface area contributed by atoms with Gasteiger partial charge in [-0.15, -0.1) is 0 Å². The summed E-state index contributed by atoms with van der Waals surface area (Å²) in [6, 6.07) is 7.87. The topological polar surface area (TPSA) is 26.3 Å². The molecule has 0 aliphatic rings. The number of carbonyl (C=O) groups is 1. The van der Waals surface area contributed by atoms with E-state index in [0.29, 0.717) is 11.7 Å². The smallest absolute Gasteiger partial charge is 0.317 e. The number of benzene rings is 1. The summed E-state index contributed by atoms with van der Waals surface area (Å²) in [6.45, 7) is 17.0. The first kappa shape index (κ1) is 18.7. The van der Waals surface area contributed by atoms with Crippen molar-refractivity contribution < 1.29 is 9.53 Å². The molecule has 0 saturated heterocycles. The predicted octanol–water partition coefficient (Wildman–Crippen LogP) is 5.60. The predicted molar refractivity (Wildman–Crippen MR) is 93.2 cm³/mol. The minimum absolute atomic E-state index is 0.104. The van der Waals surface area contributed by atoms with Gasteiger partial charge in [0.2, 0.25) is 0 Å². The summed E-state index contributed by atoms with van der Waals surface area (Å²) in [6.07, 6.45) is 0.837. The molecule has 22 heavy (non-hydrogen) atoms. The zero-order valence-electron chi connectivity index (χ0n) is 15.5. The van der Waals surface area contributed by atoms with Crippen LogP contribution in [0.15, 0.2) is 24.3 Å². The van der Waals surface area contributed by atoms with E-state index in [0.717, 1.165) is 6.42 Å². The van der Waals surface area contributed by atoms with Crippen molar-refractivity contribution in [1.29, 1.82) is 0 Å². The highest BCUT2D eigenvalue weighted by Gasteiger charge is 2.39. The van der Waals surface area contributed by atoms with Crippen LogP contribution >= 0.6 is 0 Å². The highest BCUT2D eigenvalue weighted by Crippen LogP contribution is 2.36. The van der Waals surface area contributed by atoms with Gasteiger partial charge in [0, 0.05) is 0 Å². The molecule has 124 valence electrons. The van der Waals surface area contributed by atoms with E-state index in [4.69, 9.17) is 4.74 Å². The molecular weight excluding hydrogens is 272 g/mol. The van der Waals surface area contributed by atoms with E-state index in [1.165, 1.54) is 5.56 Å². The SMILES string of the molecule is CC(C)CC(C)(C(=O)Oc1ccc(C(C)(C)C)cc1)C(C)C. The number of carbonyl (C=O) groups excluding carboxylic acids is 1. The van der Waals surface area contributed by atoms with Crippen LogP contribution in [0, 0.1) is 17.3 Å². The molecule has 0 aromatic heterocycles. The highest BCUT2D eigenvalue weighted by atomic mass is 16.5.